The van der Waals surface area contributed by atoms with Crippen LogP contribution in [0, 0.1) is 0 Å². The average Bonchev–Trinajstić information content (AvgIpc) is 2.48. The van der Waals surface area contributed by atoms with Crippen molar-refractivity contribution in [1.82, 2.24) is 0 Å². The molecule has 0 radical (unpaired) electrons. The summed E-state index contributed by atoms with van der Waals surface area (Å²) in [5.74, 6) is 0. The Balaban J connectivity index is 3.70. The summed E-state index contributed by atoms with van der Waals surface area (Å²) in [5, 5.41) is 17.4. The second kappa shape index (κ2) is 15.2. The summed E-state index contributed by atoms with van der Waals surface area (Å²) in [6, 6.07) is 0. The van der Waals surface area contributed by atoms with E-state index in [4.69, 9.17) is 20.3 Å². The van der Waals surface area contributed by atoms with Crippen LogP contribution in [0.3, 0.4) is 0 Å². The Morgan fingerprint density at radius 1 is 0.650 bits per heavy atom. The third-order valence-corrected chi connectivity index (χ3v) is 3.09. The monoisotopic (exact) mass is 294 g/mol. The molecule has 0 aliphatic carbocycles. The summed E-state index contributed by atoms with van der Waals surface area (Å²) >= 11 is 0. The first kappa shape index (κ1) is 19.8. The van der Waals surface area contributed by atoms with Crippen LogP contribution in [-0.2, 0) is 19.6 Å². The lowest BCUT2D eigenvalue weighted by Gasteiger charge is -2.17. The van der Waals surface area contributed by atoms with Crippen LogP contribution in [0.15, 0.2) is 0 Å². The van der Waals surface area contributed by atoms with Crippen molar-refractivity contribution in [1.29, 1.82) is 0 Å². The molecule has 122 valence electrons. The summed E-state index contributed by atoms with van der Waals surface area (Å²) in [5.41, 5.74) is 0. The van der Waals surface area contributed by atoms with Gasteiger partial charge in [0.15, 0.2) is 0 Å². The van der Waals surface area contributed by atoms with Gasteiger partial charge in [-0.2, -0.15) is 9.78 Å². The van der Waals surface area contributed by atoms with Crippen molar-refractivity contribution in [3.63, 3.8) is 0 Å². The predicted molar refractivity (Wildman–Crippen MR) is 74.7 cm³/mol. The zero-order valence-electron chi connectivity index (χ0n) is 12.8. The molecule has 0 saturated heterocycles. The summed E-state index contributed by atoms with van der Waals surface area (Å²) in [6.45, 7) is 4.25. The Morgan fingerprint density at radius 3 is 1.35 bits per heavy atom. The molecule has 6 heteroatoms. The molecule has 0 fully saturated rings. The Bertz CT molecular complexity index is 171. The number of hydrogen-bond acceptors (Lipinski definition) is 6. The maximum Gasteiger partial charge on any atom is 0.224 e. The van der Waals surface area contributed by atoms with Crippen molar-refractivity contribution in [2.45, 2.75) is 90.6 Å². The van der Waals surface area contributed by atoms with Gasteiger partial charge in [0.2, 0.25) is 12.6 Å². The fourth-order valence-electron chi connectivity index (χ4n) is 1.84. The van der Waals surface area contributed by atoms with Gasteiger partial charge in [0.05, 0.1) is 0 Å². The summed E-state index contributed by atoms with van der Waals surface area (Å²) in [4.78, 5) is 18.2. The van der Waals surface area contributed by atoms with Gasteiger partial charge < -0.3 is 0 Å². The number of unbranched alkanes of at least 4 members (excludes halogenated alkanes) is 6. The van der Waals surface area contributed by atoms with Crippen molar-refractivity contribution in [2.75, 3.05) is 0 Å². The van der Waals surface area contributed by atoms with Gasteiger partial charge in [0.1, 0.15) is 0 Å². The van der Waals surface area contributed by atoms with Gasteiger partial charge in [-0.15, -0.1) is 0 Å². The molecule has 0 amide bonds. The third-order valence-electron chi connectivity index (χ3n) is 3.09. The van der Waals surface area contributed by atoms with Crippen LogP contribution >= 0.6 is 0 Å². The molecule has 0 bridgehead atoms. The summed E-state index contributed by atoms with van der Waals surface area (Å²) in [6.07, 6.45) is 7.79. The van der Waals surface area contributed by atoms with E-state index in [1.54, 1.807) is 0 Å². The lowest BCUT2D eigenvalue weighted by Crippen LogP contribution is -2.23. The highest BCUT2D eigenvalue weighted by atomic mass is 17.3. The van der Waals surface area contributed by atoms with Gasteiger partial charge in [-0.05, 0) is 12.8 Å². The molecule has 0 aliphatic heterocycles. The van der Waals surface area contributed by atoms with E-state index in [1.165, 1.54) is 0 Å². The highest BCUT2D eigenvalue weighted by Crippen LogP contribution is 2.13. The minimum absolute atomic E-state index is 0.532. The molecular formula is C14H30O6. The molecule has 2 unspecified atom stereocenters. The zero-order chi connectivity index (χ0) is 15.1. The van der Waals surface area contributed by atoms with E-state index in [-0.39, 0.29) is 0 Å². The molecule has 0 aromatic heterocycles. The lowest BCUT2D eigenvalue weighted by molar-refractivity contribution is -0.510. The topological polar surface area (TPSA) is 77.4 Å². The van der Waals surface area contributed by atoms with Crippen LogP contribution in [0.5, 0.6) is 0 Å². The van der Waals surface area contributed by atoms with Crippen molar-refractivity contribution in [2.24, 2.45) is 0 Å². The van der Waals surface area contributed by atoms with Crippen molar-refractivity contribution in [3.8, 4) is 0 Å². The van der Waals surface area contributed by atoms with E-state index in [1.807, 2.05) is 0 Å². The molecule has 2 atom stereocenters. The predicted octanol–water partition coefficient (Wildman–Crippen LogP) is 4.51. The molecule has 0 heterocycles. The summed E-state index contributed by atoms with van der Waals surface area (Å²) < 4.78 is 0. The minimum Gasteiger partial charge on any atom is -0.249 e. The second-order valence-corrected chi connectivity index (χ2v) is 4.96. The molecular weight excluding hydrogens is 264 g/mol. The Hall–Kier alpha value is -0.240. The first-order chi connectivity index (χ1) is 9.78. The quantitative estimate of drug-likeness (QED) is 0.200. The number of rotatable bonds is 15. The first-order valence-corrected chi connectivity index (χ1v) is 7.71. The van der Waals surface area contributed by atoms with E-state index in [2.05, 4.69) is 23.6 Å². The highest BCUT2D eigenvalue weighted by molar-refractivity contribution is 4.47. The second-order valence-electron chi connectivity index (χ2n) is 4.96. The molecule has 0 spiro atoms. The van der Waals surface area contributed by atoms with E-state index in [9.17, 15) is 0 Å². The van der Waals surface area contributed by atoms with Crippen LogP contribution in [0.2, 0.25) is 0 Å². The van der Waals surface area contributed by atoms with E-state index < -0.39 is 12.6 Å². The highest BCUT2D eigenvalue weighted by Gasteiger charge is 2.16. The van der Waals surface area contributed by atoms with Crippen molar-refractivity contribution in [3.05, 3.63) is 0 Å². The maximum absolute atomic E-state index is 8.71. The van der Waals surface area contributed by atoms with E-state index in [0.29, 0.717) is 12.8 Å². The van der Waals surface area contributed by atoms with Gasteiger partial charge in [-0.25, -0.2) is 20.3 Å². The molecule has 20 heavy (non-hydrogen) atoms. The molecule has 6 nitrogen and oxygen atoms in total. The molecule has 0 aromatic carbocycles. The Kier molecular flexibility index (Phi) is 15.0. The molecule has 0 saturated carbocycles. The molecule has 0 aliphatic rings. The molecule has 2 N–H and O–H groups in total. The van der Waals surface area contributed by atoms with Gasteiger partial charge in [0.25, 0.3) is 0 Å². The van der Waals surface area contributed by atoms with Crippen LogP contribution in [0.25, 0.3) is 0 Å². The van der Waals surface area contributed by atoms with Crippen LogP contribution in [-0.4, -0.2) is 23.1 Å². The normalized spacial score (nSPS) is 14.4. The van der Waals surface area contributed by atoms with Gasteiger partial charge >= 0.3 is 0 Å². The van der Waals surface area contributed by atoms with Crippen LogP contribution in [0.1, 0.15) is 78.1 Å². The average molecular weight is 294 g/mol. The van der Waals surface area contributed by atoms with Crippen LogP contribution in [0.4, 0.5) is 0 Å². The summed E-state index contributed by atoms with van der Waals surface area (Å²) in [7, 11) is 0. The standard InChI is InChI=1S/C14H30O6/c1-3-5-7-9-11-13(17-15)19-20-14(18-16)12-10-8-6-4-2/h13-16H,3-12H2,1-2H3. The first-order valence-electron chi connectivity index (χ1n) is 7.71. The van der Waals surface area contributed by atoms with Crippen LogP contribution < -0.4 is 0 Å². The maximum atomic E-state index is 8.71. The zero-order valence-corrected chi connectivity index (χ0v) is 12.8. The fourth-order valence-corrected chi connectivity index (χ4v) is 1.84. The van der Waals surface area contributed by atoms with Gasteiger partial charge in [-0.3, -0.25) is 0 Å². The SMILES string of the molecule is CCCCCCC(OO)OOC(CCCCCC)OO. The largest absolute Gasteiger partial charge is 0.249 e. The Morgan fingerprint density at radius 2 is 1.05 bits per heavy atom. The third kappa shape index (κ3) is 11.6. The molecule has 0 aromatic rings. The van der Waals surface area contributed by atoms with Crippen molar-refractivity contribution < 1.29 is 30.1 Å². The van der Waals surface area contributed by atoms with Gasteiger partial charge in [-0.1, -0.05) is 52.4 Å². The smallest absolute Gasteiger partial charge is 0.224 e. The fraction of sp³-hybridized carbons (Fsp3) is 1.00. The minimum atomic E-state index is -0.847. The van der Waals surface area contributed by atoms with Crippen molar-refractivity contribution >= 4 is 0 Å². The Labute approximate surface area is 121 Å². The van der Waals surface area contributed by atoms with E-state index in [0.717, 1.165) is 51.4 Å². The molecule has 0 rings (SSSR count). The van der Waals surface area contributed by atoms with E-state index >= 15 is 0 Å². The van der Waals surface area contributed by atoms with Gasteiger partial charge in [0, 0.05) is 12.8 Å². The lowest BCUT2D eigenvalue weighted by atomic mass is 10.1. The number of hydrogen-bond donors (Lipinski definition) is 2.